The van der Waals surface area contributed by atoms with Crippen molar-refractivity contribution in [2.24, 2.45) is 0 Å². The minimum Gasteiger partial charge on any atom is -0.309 e. The molecule has 9 aromatic rings. The molecular weight excluding hydrogens is 536 g/mol. The van der Waals surface area contributed by atoms with E-state index in [4.69, 9.17) is 9.97 Å². The molecule has 4 nitrogen and oxygen atoms in total. The van der Waals surface area contributed by atoms with Crippen molar-refractivity contribution in [3.8, 4) is 34.0 Å². The van der Waals surface area contributed by atoms with Gasteiger partial charge in [-0.2, -0.15) is 0 Å². The summed E-state index contributed by atoms with van der Waals surface area (Å²) in [4.78, 5) is 10.7. The second kappa shape index (κ2) is 9.79. The molecule has 0 unspecified atom stereocenters. The fourth-order valence-electron chi connectivity index (χ4n) is 6.59. The largest absolute Gasteiger partial charge is 0.309 e. The average Bonchev–Trinajstić information content (AvgIpc) is 3.61. The predicted molar refractivity (Wildman–Crippen MR) is 182 cm³/mol. The summed E-state index contributed by atoms with van der Waals surface area (Å²) >= 11 is 0. The predicted octanol–water partition coefficient (Wildman–Crippen LogP) is 10.0. The van der Waals surface area contributed by atoms with Crippen LogP contribution in [-0.4, -0.2) is 19.1 Å². The fourth-order valence-corrected chi connectivity index (χ4v) is 6.59. The third-order valence-corrected chi connectivity index (χ3v) is 8.52. The molecular formula is C40H26N4. The highest BCUT2D eigenvalue weighted by Gasteiger charge is 2.21. The van der Waals surface area contributed by atoms with E-state index in [9.17, 15) is 0 Å². The lowest BCUT2D eigenvalue weighted by Crippen LogP contribution is -1.99. The molecule has 0 fully saturated rings. The van der Waals surface area contributed by atoms with Gasteiger partial charge in [-0.1, -0.05) is 103 Å². The zero-order valence-electron chi connectivity index (χ0n) is 23.8. The minimum absolute atomic E-state index is 0.704. The van der Waals surface area contributed by atoms with E-state index >= 15 is 0 Å². The Morgan fingerprint density at radius 1 is 0.386 bits per heavy atom. The van der Waals surface area contributed by atoms with E-state index in [-0.39, 0.29) is 0 Å². The number of para-hydroxylation sites is 4. The van der Waals surface area contributed by atoms with Gasteiger partial charge >= 0.3 is 0 Å². The van der Waals surface area contributed by atoms with Crippen molar-refractivity contribution in [3.05, 3.63) is 158 Å². The Morgan fingerprint density at radius 2 is 0.932 bits per heavy atom. The molecule has 0 aliphatic carbocycles. The van der Waals surface area contributed by atoms with Gasteiger partial charge in [-0.15, -0.1) is 0 Å². The molecule has 0 bridgehead atoms. The Bertz CT molecular complexity index is 2470. The van der Waals surface area contributed by atoms with E-state index in [1.54, 1.807) is 0 Å². The van der Waals surface area contributed by atoms with Crippen LogP contribution in [0.25, 0.3) is 77.8 Å². The van der Waals surface area contributed by atoms with Crippen LogP contribution in [0.1, 0.15) is 0 Å². The molecule has 0 radical (unpaired) electrons. The first-order chi connectivity index (χ1) is 21.8. The number of nitrogens with zero attached hydrogens (tertiary/aromatic N) is 4. The molecule has 0 amide bonds. The quantitative estimate of drug-likeness (QED) is 0.214. The summed E-state index contributed by atoms with van der Waals surface area (Å²) < 4.78 is 4.60. The highest BCUT2D eigenvalue weighted by molar-refractivity contribution is 6.14. The van der Waals surface area contributed by atoms with Crippen LogP contribution in [0.2, 0.25) is 0 Å². The van der Waals surface area contributed by atoms with Crippen molar-refractivity contribution in [1.29, 1.82) is 0 Å². The topological polar surface area (TPSA) is 35.6 Å². The van der Waals surface area contributed by atoms with Crippen molar-refractivity contribution < 1.29 is 0 Å². The monoisotopic (exact) mass is 562 g/mol. The highest BCUT2D eigenvalue weighted by Crippen LogP contribution is 2.39. The van der Waals surface area contributed by atoms with Gasteiger partial charge in [0.25, 0.3) is 0 Å². The summed E-state index contributed by atoms with van der Waals surface area (Å²) in [6.07, 6.45) is 0. The van der Waals surface area contributed by atoms with Crippen molar-refractivity contribution >= 4 is 43.7 Å². The Labute approximate surface area is 254 Å². The Hall–Kier alpha value is -6.00. The zero-order chi connectivity index (χ0) is 29.0. The fraction of sp³-hybridized carbons (Fsp3) is 0. The third-order valence-electron chi connectivity index (χ3n) is 8.52. The SMILES string of the molecule is c1ccc(-c2nc(-c3ccc4c(c3)c3ccccc3n4-c3ccccc3)nc3c2c2ccccc2n3-c2ccccc2)cc1. The maximum atomic E-state index is 5.34. The first-order valence-electron chi connectivity index (χ1n) is 14.9. The number of benzene rings is 6. The molecule has 3 aromatic heterocycles. The van der Waals surface area contributed by atoms with Crippen LogP contribution in [0.4, 0.5) is 0 Å². The summed E-state index contributed by atoms with van der Waals surface area (Å²) in [5.74, 6) is 0.704. The zero-order valence-corrected chi connectivity index (χ0v) is 23.8. The molecule has 0 N–H and O–H groups in total. The second-order valence-electron chi connectivity index (χ2n) is 11.1. The van der Waals surface area contributed by atoms with Crippen LogP contribution < -0.4 is 0 Å². The maximum Gasteiger partial charge on any atom is 0.162 e. The van der Waals surface area contributed by atoms with Crippen LogP contribution in [0.15, 0.2) is 158 Å². The van der Waals surface area contributed by atoms with E-state index < -0.39 is 0 Å². The second-order valence-corrected chi connectivity index (χ2v) is 11.1. The van der Waals surface area contributed by atoms with Crippen molar-refractivity contribution in [2.45, 2.75) is 0 Å². The molecule has 9 rings (SSSR count). The van der Waals surface area contributed by atoms with Gasteiger partial charge in [0.1, 0.15) is 5.65 Å². The summed E-state index contributed by atoms with van der Waals surface area (Å²) in [6.45, 7) is 0. The number of rotatable bonds is 4. The number of fused-ring (bicyclic) bond motifs is 6. The van der Waals surface area contributed by atoms with Crippen molar-refractivity contribution in [3.63, 3.8) is 0 Å². The third kappa shape index (κ3) is 3.71. The molecule has 206 valence electrons. The number of aromatic nitrogens is 4. The van der Waals surface area contributed by atoms with E-state index in [1.807, 2.05) is 12.1 Å². The van der Waals surface area contributed by atoms with Crippen LogP contribution in [0.5, 0.6) is 0 Å². The van der Waals surface area contributed by atoms with E-state index in [0.717, 1.165) is 55.6 Å². The van der Waals surface area contributed by atoms with Gasteiger partial charge in [0.2, 0.25) is 0 Å². The van der Waals surface area contributed by atoms with E-state index in [2.05, 4.69) is 155 Å². The van der Waals surface area contributed by atoms with Crippen LogP contribution in [-0.2, 0) is 0 Å². The lowest BCUT2D eigenvalue weighted by Gasteiger charge is -2.11. The van der Waals surface area contributed by atoms with Gasteiger partial charge in [-0.3, -0.25) is 4.57 Å². The van der Waals surface area contributed by atoms with Crippen molar-refractivity contribution in [1.82, 2.24) is 19.1 Å². The Balaban J connectivity index is 1.37. The van der Waals surface area contributed by atoms with Gasteiger partial charge in [0.05, 0.1) is 27.6 Å². The van der Waals surface area contributed by atoms with Crippen LogP contribution in [0.3, 0.4) is 0 Å². The molecule has 3 heterocycles. The first-order valence-corrected chi connectivity index (χ1v) is 14.9. The van der Waals surface area contributed by atoms with Gasteiger partial charge in [-0.25, -0.2) is 9.97 Å². The molecule has 0 saturated carbocycles. The van der Waals surface area contributed by atoms with Gasteiger partial charge in [0.15, 0.2) is 5.82 Å². The minimum atomic E-state index is 0.704. The lowest BCUT2D eigenvalue weighted by atomic mass is 10.0. The molecule has 0 aliphatic heterocycles. The molecule has 0 saturated heterocycles. The Kier molecular flexibility index (Phi) is 5.47. The Morgan fingerprint density at radius 3 is 1.64 bits per heavy atom. The molecule has 0 spiro atoms. The first kappa shape index (κ1) is 24.6. The van der Waals surface area contributed by atoms with Crippen LogP contribution >= 0.6 is 0 Å². The number of hydrogen-bond donors (Lipinski definition) is 0. The van der Waals surface area contributed by atoms with E-state index in [1.165, 1.54) is 16.3 Å². The standard InChI is InChI=1S/C40H26N4/c1-4-14-27(15-5-1)38-37-32-21-11-13-23-35(32)44(30-18-8-3-9-19-30)40(37)42-39(41-38)28-24-25-36-33(26-28)31-20-10-12-22-34(31)43(36)29-16-6-2-7-17-29/h1-26H. The molecule has 0 atom stereocenters. The molecule has 44 heavy (non-hydrogen) atoms. The normalized spacial score (nSPS) is 11.6. The van der Waals surface area contributed by atoms with Gasteiger partial charge < -0.3 is 4.57 Å². The lowest BCUT2D eigenvalue weighted by molar-refractivity contribution is 1.11. The highest BCUT2D eigenvalue weighted by atomic mass is 15.1. The smallest absolute Gasteiger partial charge is 0.162 e. The van der Waals surface area contributed by atoms with Crippen LogP contribution in [0, 0.1) is 0 Å². The van der Waals surface area contributed by atoms with Crippen molar-refractivity contribution in [2.75, 3.05) is 0 Å². The molecule has 4 heteroatoms. The molecule has 0 aliphatic rings. The average molecular weight is 563 g/mol. The van der Waals surface area contributed by atoms with Gasteiger partial charge in [-0.05, 0) is 54.6 Å². The van der Waals surface area contributed by atoms with E-state index in [0.29, 0.717) is 5.82 Å². The van der Waals surface area contributed by atoms with Gasteiger partial charge in [0, 0.05) is 38.7 Å². The summed E-state index contributed by atoms with van der Waals surface area (Å²) in [5, 5.41) is 4.57. The molecule has 6 aromatic carbocycles. The summed E-state index contributed by atoms with van der Waals surface area (Å²) in [5.41, 5.74) is 9.54. The maximum absolute atomic E-state index is 5.34. The number of hydrogen-bond acceptors (Lipinski definition) is 2. The summed E-state index contributed by atoms with van der Waals surface area (Å²) in [6, 6.07) is 55.3. The summed E-state index contributed by atoms with van der Waals surface area (Å²) in [7, 11) is 0.